The van der Waals surface area contributed by atoms with Gasteiger partial charge in [0, 0.05) is 5.57 Å². The molecule has 110 valence electrons. The largest absolute Gasteiger partial charge is 0.488 e. The summed E-state index contributed by atoms with van der Waals surface area (Å²) >= 11 is 0. The Morgan fingerprint density at radius 1 is 1.35 bits per heavy atom. The van der Waals surface area contributed by atoms with Gasteiger partial charge in [0.05, 0.1) is 6.61 Å². The highest BCUT2D eigenvalue weighted by Gasteiger charge is 2.08. The lowest BCUT2D eigenvalue weighted by molar-refractivity contribution is -0.142. The number of carbonyl (C=O) groups is 1. The van der Waals surface area contributed by atoms with Gasteiger partial charge in [0.25, 0.3) is 0 Å². The number of hydrogen-bond acceptors (Lipinski definition) is 6. The summed E-state index contributed by atoms with van der Waals surface area (Å²) in [7, 11) is -1.34. The van der Waals surface area contributed by atoms with E-state index in [2.05, 4.69) is 11.3 Å². The van der Waals surface area contributed by atoms with Crippen LogP contribution in [0.1, 0.15) is 6.92 Å². The third kappa shape index (κ3) is 8.44. The van der Waals surface area contributed by atoms with Crippen LogP contribution in [0.2, 0.25) is 0 Å². The maximum Gasteiger partial charge on any atom is 0.488 e. The lowest BCUT2D eigenvalue weighted by Crippen LogP contribution is -2.29. The van der Waals surface area contributed by atoms with Gasteiger partial charge in [0.15, 0.2) is 0 Å². The van der Waals surface area contributed by atoms with E-state index < -0.39 is 25.8 Å². The fourth-order valence-corrected chi connectivity index (χ4v) is 0.973. The predicted molar refractivity (Wildman–Crippen MR) is 75.1 cm³/mol. The van der Waals surface area contributed by atoms with Crippen molar-refractivity contribution < 1.29 is 29.8 Å². The van der Waals surface area contributed by atoms with Gasteiger partial charge in [-0.05, 0) is 12.4 Å². The number of esters is 1. The van der Waals surface area contributed by atoms with Crippen LogP contribution in [0.4, 0.5) is 0 Å². The smallest absolute Gasteiger partial charge is 0.460 e. The molecule has 0 fully saturated rings. The van der Waals surface area contributed by atoms with Crippen LogP contribution in [-0.2, 0) is 9.53 Å². The van der Waals surface area contributed by atoms with Crippen LogP contribution in [0.5, 0.6) is 0 Å². The molecule has 0 aromatic heterocycles. The molecule has 1 aromatic rings. The molecule has 7 heteroatoms. The van der Waals surface area contributed by atoms with Crippen LogP contribution in [0.15, 0.2) is 42.5 Å². The lowest BCUT2D eigenvalue weighted by atomic mass is 9.81. The molecule has 0 amide bonds. The summed E-state index contributed by atoms with van der Waals surface area (Å²) in [6, 6.07) is 8.66. The standard InChI is InChI=1S/C7H12O4.C6H7BO2/c1-5(2)7(10)11-4-6(9)3-8;8-7(9)6-4-2-1-3-5-6/h6,8-9H,1,3-4H2,2H3;1-5,8-9H. The van der Waals surface area contributed by atoms with Crippen LogP contribution >= 0.6 is 0 Å². The van der Waals surface area contributed by atoms with Crippen molar-refractivity contribution >= 4 is 18.6 Å². The van der Waals surface area contributed by atoms with Crippen LogP contribution in [0.3, 0.4) is 0 Å². The molecular formula is C13H19BO6. The third-order valence-corrected chi connectivity index (χ3v) is 2.06. The molecule has 1 aromatic carbocycles. The van der Waals surface area contributed by atoms with E-state index in [1.807, 2.05) is 6.07 Å². The van der Waals surface area contributed by atoms with E-state index in [9.17, 15) is 4.79 Å². The number of aliphatic hydroxyl groups excluding tert-OH is 2. The van der Waals surface area contributed by atoms with E-state index in [4.69, 9.17) is 20.3 Å². The Labute approximate surface area is 118 Å². The molecule has 4 N–H and O–H groups in total. The van der Waals surface area contributed by atoms with Crippen molar-refractivity contribution in [3.05, 3.63) is 42.5 Å². The van der Waals surface area contributed by atoms with E-state index >= 15 is 0 Å². The highest BCUT2D eigenvalue weighted by Crippen LogP contribution is 1.93. The van der Waals surface area contributed by atoms with Gasteiger partial charge in [-0.25, -0.2) is 4.79 Å². The van der Waals surface area contributed by atoms with Gasteiger partial charge in [0.1, 0.15) is 12.7 Å². The SMILES string of the molecule is C=C(C)C(=O)OCC(O)CO.OB(O)c1ccccc1. The highest BCUT2D eigenvalue weighted by molar-refractivity contribution is 6.58. The summed E-state index contributed by atoms with van der Waals surface area (Å²) in [5.41, 5.74) is 0.799. The minimum atomic E-state index is -1.34. The number of aliphatic hydroxyl groups is 2. The molecule has 0 radical (unpaired) electrons. The Balaban J connectivity index is 0.000000367. The summed E-state index contributed by atoms with van der Waals surface area (Å²) in [5, 5.41) is 34.2. The molecule has 0 aliphatic carbocycles. The Kier molecular flexibility index (Phi) is 9.32. The summed E-state index contributed by atoms with van der Waals surface area (Å²) in [6.45, 7) is 4.24. The van der Waals surface area contributed by atoms with Crippen molar-refractivity contribution in [3.8, 4) is 0 Å². The second-order valence-electron chi connectivity index (χ2n) is 4.00. The van der Waals surface area contributed by atoms with E-state index in [1.54, 1.807) is 24.3 Å². The van der Waals surface area contributed by atoms with E-state index in [0.717, 1.165) is 0 Å². The Morgan fingerprint density at radius 3 is 2.25 bits per heavy atom. The van der Waals surface area contributed by atoms with Gasteiger partial charge < -0.3 is 25.0 Å². The molecule has 0 aliphatic rings. The van der Waals surface area contributed by atoms with Gasteiger partial charge >= 0.3 is 13.1 Å². The van der Waals surface area contributed by atoms with Crippen LogP contribution in [0, 0.1) is 0 Å². The van der Waals surface area contributed by atoms with Crippen LogP contribution in [0.25, 0.3) is 0 Å². The molecule has 1 rings (SSSR count). The minimum Gasteiger partial charge on any atom is -0.460 e. The summed E-state index contributed by atoms with van der Waals surface area (Å²) in [4.78, 5) is 10.6. The second-order valence-corrected chi connectivity index (χ2v) is 4.00. The van der Waals surface area contributed by atoms with Crippen molar-refractivity contribution in [1.29, 1.82) is 0 Å². The summed E-state index contributed by atoms with van der Waals surface area (Å²) in [5.74, 6) is -0.558. The zero-order valence-electron chi connectivity index (χ0n) is 11.3. The van der Waals surface area contributed by atoms with Crippen molar-refractivity contribution in [2.75, 3.05) is 13.2 Å². The van der Waals surface area contributed by atoms with E-state index in [0.29, 0.717) is 5.46 Å². The molecule has 20 heavy (non-hydrogen) atoms. The molecule has 0 heterocycles. The second kappa shape index (κ2) is 10.2. The summed E-state index contributed by atoms with van der Waals surface area (Å²) < 4.78 is 4.51. The molecule has 0 saturated heterocycles. The molecule has 1 unspecified atom stereocenters. The molecule has 0 spiro atoms. The number of carbonyl (C=O) groups excluding carboxylic acids is 1. The first kappa shape index (κ1) is 18.3. The average Bonchev–Trinajstić information content (AvgIpc) is 2.45. The first-order valence-electron chi connectivity index (χ1n) is 5.91. The molecule has 0 saturated carbocycles. The number of rotatable bonds is 5. The third-order valence-electron chi connectivity index (χ3n) is 2.06. The highest BCUT2D eigenvalue weighted by atomic mass is 16.5. The van der Waals surface area contributed by atoms with E-state index in [-0.39, 0.29) is 12.2 Å². The lowest BCUT2D eigenvalue weighted by Gasteiger charge is -2.07. The van der Waals surface area contributed by atoms with Gasteiger partial charge in [-0.1, -0.05) is 36.9 Å². The molecule has 0 bridgehead atoms. The number of hydrogen-bond donors (Lipinski definition) is 4. The summed E-state index contributed by atoms with van der Waals surface area (Å²) in [6.07, 6.45) is -1.00. The van der Waals surface area contributed by atoms with Crippen molar-refractivity contribution in [2.45, 2.75) is 13.0 Å². The Bertz CT molecular complexity index is 407. The normalized spacial score (nSPS) is 10.8. The molecular weight excluding hydrogens is 263 g/mol. The monoisotopic (exact) mass is 282 g/mol. The zero-order valence-corrected chi connectivity index (χ0v) is 11.3. The quantitative estimate of drug-likeness (QED) is 0.308. The first-order valence-corrected chi connectivity index (χ1v) is 5.91. The number of ether oxygens (including phenoxy) is 1. The first-order chi connectivity index (χ1) is 9.38. The maximum atomic E-state index is 10.6. The van der Waals surface area contributed by atoms with Gasteiger partial charge in [-0.15, -0.1) is 0 Å². The topological polar surface area (TPSA) is 107 Å². The number of benzene rings is 1. The zero-order chi connectivity index (χ0) is 15.5. The Morgan fingerprint density at radius 2 is 1.90 bits per heavy atom. The van der Waals surface area contributed by atoms with Gasteiger partial charge in [-0.3, -0.25) is 0 Å². The van der Waals surface area contributed by atoms with Crippen molar-refractivity contribution in [1.82, 2.24) is 0 Å². The maximum absolute atomic E-state index is 10.6. The van der Waals surface area contributed by atoms with E-state index in [1.165, 1.54) is 6.92 Å². The molecule has 1 atom stereocenters. The predicted octanol–water partition coefficient (Wildman–Crippen LogP) is -1.17. The van der Waals surface area contributed by atoms with Gasteiger partial charge in [0.2, 0.25) is 0 Å². The minimum absolute atomic E-state index is 0.192. The Hall–Kier alpha value is -1.67. The van der Waals surface area contributed by atoms with Crippen LogP contribution in [-0.4, -0.2) is 52.7 Å². The van der Waals surface area contributed by atoms with Gasteiger partial charge in [-0.2, -0.15) is 0 Å². The fourth-order valence-electron chi connectivity index (χ4n) is 0.973. The van der Waals surface area contributed by atoms with Crippen molar-refractivity contribution in [2.24, 2.45) is 0 Å². The molecule has 0 aliphatic heterocycles. The average molecular weight is 282 g/mol. The van der Waals surface area contributed by atoms with Crippen molar-refractivity contribution in [3.63, 3.8) is 0 Å². The van der Waals surface area contributed by atoms with Crippen LogP contribution < -0.4 is 5.46 Å². The fraction of sp³-hybridized carbons (Fsp3) is 0.308. The molecule has 6 nitrogen and oxygen atoms in total.